The quantitative estimate of drug-likeness (QED) is 0.420. The Morgan fingerprint density at radius 2 is 1.91 bits per heavy atom. The Labute approximate surface area is 193 Å². The number of rotatable bonds is 5. The number of fused-ring (bicyclic) bond motifs is 1. The summed E-state index contributed by atoms with van der Waals surface area (Å²) < 4.78 is 3.86. The highest BCUT2D eigenvalue weighted by Crippen LogP contribution is 2.17. The molecular formula is C24H22BrN5O2. The van der Waals surface area contributed by atoms with Crippen LogP contribution in [-0.4, -0.2) is 26.5 Å². The largest absolute Gasteiger partial charge is 0.282 e. The summed E-state index contributed by atoms with van der Waals surface area (Å²) in [5.74, 6) is 0.372. The average Bonchev–Trinajstić information content (AvgIpc) is 3.06. The van der Waals surface area contributed by atoms with E-state index in [-0.39, 0.29) is 11.5 Å². The molecule has 4 rings (SSSR count). The molecule has 2 heterocycles. The summed E-state index contributed by atoms with van der Waals surface area (Å²) in [4.78, 5) is 30.2. The second-order valence-electron chi connectivity index (χ2n) is 7.37. The van der Waals surface area contributed by atoms with E-state index in [1.807, 2.05) is 57.2 Å². The lowest BCUT2D eigenvalue weighted by Crippen LogP contribution is -2.25. The van der Waals surface area contributed by atoms with Gasteiger partial charge in [0.25, 0.3) is 11.5 Å². The number of hydrogen-bond acceptors (Lipinski definition) is 4. The van der Waals surface area contributed by atoms with Gasteiger partial charge in [0.05, 0.1) is 17.1 Å². The molecule has 0 atom stereocenters. The molecule has 0 unspecified atom stereocenters. The minimum Gasteiger partial charge on any atom is -0.267 e. The molecular weight excluding hydrogens is 470 g/mol. The molecule has 0 bridgehead atoms. The zero-order valence-corrected chi connectivity index (χ0v) is 19.5. The van der Waals surface area contributed by atoms with Crippen molar-refractivity contribution in [2.75, 3.05) is 5.43 Å². The number of carbonyl (C=O) groups is 1. The summed E-state index contributed by atoms with van der Waals surface area (Å²) in [6.07, 6.45) is 2.18. The van der Waals surface area contributed by atoms with E-state index in [1.165, 1.54) is 4.68 Å². The van der Waals surface area contributed by atoms with Gasteiger partial charge in [-0.1, -0.05) is 41.1 Å². The molecule has 162 valence electrons. The van der Waals surface area contributed by atoms with E-state index in [0.717, 1.165) is 21.4 Å². The maximum absolute atomic E-state index is 13.1. The Kier molecular flexibility index (Phi) is 6.05. The first-order valence-electron chi connectivity index (χ1n) is 10.2. The number of nitrogens with one attached hydrogen (secondary N) is 1. The highest BCUT2D eigenvalue weighted by Gasteiger charge is 2.13. The summed E-state index contributed by atoms with van der Waals surface area (Å²) in [5.41, 5.74) is 6.33. The van der Waals surface area contributed by atoms with Crippen LogP contribution >= 0.6 is 15.9 Å². The topological polar surface area (TPSA) is 81.3 Å². The van der Waals surface area contributed by atoms with Gasteiger partial charge in [0.1, 0.15) is 5.82 Å². The molecule has 7 nitrogen and oxygen atoms in total. The van der Waals surface area contributed by atoms with Crippen molar-refractivity contribution in [1.29, 1.82) is 0 Å². The first-order chi connectivity index (χ1) is 15.4. The highest BCUT2D eigenvalue weighted by atomic mass is 79.9. The predicted molar refractivity (Wildman–Crippen MR) is 130 cm³/mol. The summed E-state index contributed by atoms with van der Waals surface area (Å²) in [6.45, 7) is 5.72. The van der Waals surface area contributed by atoms with Crippen molar-refractivity contribution < 1.29 is 4.79 Å². The lowest BCUT2D eigenvalue weighted by atomic mass is 10.2. The van der Waals surface area contributed by atoms with Gasteiger partial charge in [-0.05, 0) is 50.2 Å². The highest BCUT2D eigenvalue weighted by molar-refractivity contribution is 9.10. The minimum absolute atomic E-state index is 0.204. The van der Waals surface area contributed by atoms with Crippen molar-refractivity contribution in [2.45, 2.75) is 27.2 Å². The van der Waals surface area contributed by atoms with Gasteiger partial charge in [0, 0.05) is 33.4 Å². The van der Waals surface area contributed by atoms with E-state index in [2.05, 4.69) is 31.4 Å². The molecule has 32 heavy (non-hydrogen) atoms. The molecule has 0 radical (unpaired) electrons. The molecule has 0 saturated heterocycles. The predicted octanol–water partition coefficient (Wildman–Crippen LogP) is 4.41. The Bertz CT molecular complexity index is 1400. The van der Waals surface area contributed by atoms with Crippen molar-refractivity contribution in [3.05, 3.63) is 97.8 Å². The van der Waals surface area contributed by atoms with Crippen molar-refractivity contribution in [2.24, 2.45) is 5.10 Å². The standard InChI is InChI=1S/C24H22BrN5O2/c1-4-22-27-21-11-10-19(25)13-20(21)24(32)30(22)26-14-18-12-15(2)29(16(18)3)28-23(31)17-8-6-5-7-9-17/h5-14H,4H2,1-3H3,(H,28,31). The summed E-state index contributed by atoms with van der Waals surface area (Å²) in [5, 5.41) is 4.95. The Balaban J connectivity index is 1.69. The third-order valence-corrected chi connectivity index (χ3v) is 5.72. The van der Waals surface area contributed by atoms with Crippen LogP contribution in [-0.2, 0) is 6.42 Å². The van der Waals surface area contributed by atoms with E-state index in [9.17, 15) is 9.59 Å². The fraction of sp³-hybridized carbons (Fsp3) is 0.167. The second-order valence-corrected chi connectivity index (χ2v) is 8.29. The molecule has 0 aliphatic carbocycles. The molecule has 4 aromatic rings. The molecule has 0 fully saturated rings. The van der Waals surface area contributed by atoms with Gasteiger partial charge in [-0.15, -0.1) is 0 Å². The number of carbonyl (C=O) groups excluding carboxylic acids is 1. The lowest BCUT2D eigenvalue weighted by molar-refractivity contribution is 0.101. The fourth-order valence-corrected chi connectivity index (χ4v) is 3.87. The van der Waals surface area contributed by atoms with Crippen LogP contribution in [0.5, 0.6) is 0 Å². The number of nitrogens with zero attached hydrogens (tertiary/aromatic N) is 4. The average molecular weight is 492 g/mol. The lowest BCUT2D eigenvalue weighted by Gasteiger charge is -2.11. The number of halogens is 1. The molecule has 2 aromatic heterocycles. The van der Waals surface area contributed by atoms with Crippen LogP contribution in [0.1, 0.15) is 40.1 Å². The molecule has 0 saturated carbocycles. The molecule has 2 aromatic carbocycles. The number of amides is 1. The minimum atomic E-state index is -0.226. The van der Waals surface area contributed by atoms with Crippen molar-refractivity contribution in [1.82, 2.24) is 14.3 Å². The molecule has 0 spiro atoms. The Morgan fingerprint density at radius 1 is 1.16 bits per heavy atom. The van der Waals surface area contributed by atoms with Crippen LogP contribution in [0.2, 0.25) is 0 Å². The SMILES string of the molecule is CCc1nc2ccc(Br)cc2c(=O)n1N=Cc1cc(C)n(NC(=O)c2ccccc2)c1C. The van der Waals surface area contributed by atoms with Gasteiger partial charge < -0.3 is 0 Å². The maximum Gasteiger partial charge on any atom is 0.282 e. The Hall–Kier alpha value is -3.52. The number of aryl methyl sites for hydroxylation is 2. The van der Waals surface area contributed by atoms with Gasteiger partial charge in [-0.25, -0.2) is 4.98 Å². The fourth-order valence-electron chi connectivity index (χ4n) is 3.51. The summed E-state index contributed by atoms with van der Waals surface area (Å²) >= 11 is 3.41. The van der Waals surface area contributed by atoms with E-state index in [4.69, 9.17) is 0 Å². The monoisotopic (exact) mass is 491 g/mol. The normalized spacial score (nSPS) is 11.4. The molecule has 1 N–H and O–H groups in total. The van der Waals surface area contributed by atoms with Crippen LogP contribution < -0.4 is 11.0 Å². The van der Waals surface area contributed by atoms with Gasteiger partial charge in [0.15, 0.2) is 0 Å². The molecule has 0 aliphatic rings. The number of hydrogen-bond donors (Lipinski definition) is 1. The number of aromatic nitrogens is 3. The van der Waals surface area contributed by atoms with Crippen molar-refractivity contribution in [3.63, 3.8) is 0 Å². The van der Waals surface area contributed by atoms with Crippen LogP contribution in [0.4, 0.5) is 0 Å². The third-order valence-electron chi connectivity index (χ3n) is 5.22. The van der Waals surface area contributed by atoms with E-state index < -0.39 is 0 Å². The van der Waals surface area contributed by atoms with Crippen molar-refractivity contribution in [3.8, 4) is 0 Å². The number of benzene rings is 2. The first-order valence-corrected chi connectivity index (χ1v) is 11.0. The van der Waals surface area contributed by atoms with Gasteiger partial charge in [-0.3, -0.25) is 19.7 Å². The van der Waals surface area contributed by atoms with Crippen LogP contribution in [0.15, 0.2) is 69.0 Å². The molecule has 0 aliphatic heterocycles. The summed E-state index contributed by atoms with van der Waals surface area (Å²) in [6, 6.07) is 16.4. The second kappa shape index (κ2) is 8.92. The van der Waals surface area contributed by atoms with Crippen LogP contribution in [0, 0.1) is 13.8 Å². The molecule has 1 amide bonds. The van der Waals surface area contributed by atoms with E-state index in [0.29, 0.717) is 28.7 Å². The maximum atomic E-state index is 13.1. The van der Waals surface area contributed by atoms with E-state index in [1.54, 1.807) is 29.1 Å². The van der Waals surface area contributed by atoms with Crippen LogP contribution in [0.25, 0.3) is 10.9 Å². The zero-order chi connectivity index (χ0) is 22.8. The van der Waals surface area contributed by atoms with E-state index >= 15 is 0 Å². The first kappa shape index (κ1) is 21.7. The smallest absolute Gasteiger partial charge is 0.267 e. The van der Waals surface area contributed by atoms with Gasteiger partial charge >= 0.3 is 0 Å². The third kappa shape index (κ3) is 4.13. The summed E-state index contributed by atoms with van der Waals surface area (Å²) in [7, 11) is 0. The van der Waals surface area contributed by atoms with Gasteiger partial charge in [-0.2, -0.15) is 9.78 Å². The van der Waals surface area contributed by atoms with Crippen molar-refractivity contribution >= 4 is 39.0 Å². The molecule has 8 heteroatoms. The zero-order valence-electron chi connectivity index (χ0n) is 18.0. The van der Waals surface area contributed by atoms with Gasteiger partial charge in [0.2, 0.25) is 0 Å². The van der Waals surface area contributed by atoms with Crippen LogP contribution in [0.3, 0.4) is 0 Å². The Morgan fingerprint density at radius 3 is 2.62 bits per heavy atom.